The van der Waals surface area contributed by atoms with E-state index in [9.17, 15) is 4.79 Å². The molecule has 0 atom stereocenters. The topological polar surface area (TPSA) is 45.7 Å². The molecular formula is C15H20BrN3O2. The molecule has 3 heterocycles. The molecule has 2 aliphatic rings. The molecule has 1 spiro atoms. The van der Waals surface area contributed by atoms with Gasteiger partial charge in [0, 0.05) is 6.54 Å². The SMILES string of the molecule is COc1nc(N2CCC3(CCN(C)CC3)C2=O)ccc1Br. The van der Waals surface area contributed by atoms with Gasteiger partial charge in [0.15, 0.2) is 0 Å². The molecule has 114 valence electrons. The Morgan fingerprint density at radius 3 is 2.57 bits per heavy atom. The van der Waals surface area contributed by atoms with Crippen LogP contribution in [0.15, 0.2) is 16.6 Å². The molecule has 2 saturated heterocycles. The fraction of sp³-hybridized carbons (Fsp3) is 0.600. The normalized spacial score (nSPS) is 22.0. The number of likely N-dealkylation sites (tertiary alicyclic amines) is 1. The molecule has 2 aliphatic heterocycles. The number of ether oxygens (including phenoxy) is 1. The molecule has 0 unspecified atom stereocenters. The van der Waals surface area contributed by atoms with E-state index in [2.05, 4.69) is 32.9 Å². The van der Waals surface area contributed by atoms with Gasteiger partial charge in [-0.25, -0.2) is 0 Å². The molecule has 3 rings (SSSR count). The number of hydrogen-bond donors (Lipinski definition) is 0. The van der Waals surface area contributed by atoms with Crippen LogP contribution in [0, 0.1) is 5.41 Å². The summed E-state index contributed by atoms with van der Waals surface area (Å²) in [7, 11) is 3.70. The molecule has 1 amide bonds. The van der Waals surface area contributed by atoms with Crippen molar-refractivity contribution in [3.63, 3.8) is 0 Å². The third-order valence-corrected chi connectivity index (χ3v) is 5.33. The second-order valence-corrected chi connectivity index (χ2v) is 6.81. The van der Waals surface area contributed by atoms with Crippen molar-refractivity contribution < 1.29 is 9.53 Å². The summed E-state index contributed by atoms with van der Waals surface area (Å²) in [5, 5.41) is 0. The Balaban J connectivity index is 1.83. The average molecular weight is 354 g/mol. The van der Waals surface area contributed by atoms with Crippen LogP contribution in [0.2, 0.25) is 0 Å². The summed E-state index contributed by atoms with van der Waals surface area (Å²) in [5.41, 5.74) is -0.172. The lowest BCUT2D eigenvalue weighted by Gasteiger charge is -2.36. The molecule has 1 aromatic rings. The minimum atomic E-state index is -0.172. The highest BCUT2D eigenvalue weighted by atomic mass is 79.9. The van der Waals surface area contributed by atoms with Gasteiger partial charge < -0.3 is 9.64 Å². The van der Waals surface area contributed by atoms with Gasteiger partial charge in [-0.1, -0.05) is 0 Å². The number of carbonyl (C=O) groups is 1. The van der Waals surface area contributed by atoms with E-state index in [1.54, 1.807) is 7.11 Å². The van der Waals surface area contributed by atoms with Gasteiger partial charge in [0.1, 0.15) is 5.82 Å². The molecule has 2 fully saturated rings. The number of aromatic nitrogens is 1. The third-order valence-electron chi connectivity index (χ3n) is 4.73. The van der Waals surface area contributed by atoms with Gasteiger partial charge in [-0.15, -0.1) is 0 Å². The van der Waals surface area contributed by atoms with Crippen LogP contribution in [-0.2, 0) is 4.79 Å². The highest BCUT2D eigenvalue weighted by molar-refractivity contribution is 9.10. The highest BCUT2D eigenvalue weighted by Gasteiger charge is 2.48. The van der Waals surface area contributed by atoms with Gasteiger partial charge in [-0.05, 0) is 67.5 Å². The molecule has 21 heavy (non-hydrogen) atoms. The van der Waals surface area contributed by atoms with Gasteiger partial charge in [0.2, 0.25) is 11.8 Å². The molecule has 0 aliphatic carbocycles. The van der Waals surface area contributed by atoms with Gasteiger partial charge in [-0.3, -0.25) is 9.69 Å². The Morgan fingerprint density at radius 1 is 1.24 bits per heavy atom. The monoisotopic (exact) mass is 353 g/mol. The van der Waals surface area contributed by atoms with Crippen LogP contribution in [0.25, 0.3) is 0 Å². The molecule has 0 bridgehead atoms. The van der Waals surface area contributed by atoms with Crippen LogP contribution < -0.4 is 9.64 Å². The molecule has 1 aromatic heterocycles. The molecule has 0 N–H and O–H groups in total. The Labute approximate surface area is 133 Å². The molecular weight excluding hydrogens is 334 g/mol. The van der Waals surface area contributed by atoms with Crippen LogP contribution >= 0.6 is 15.9 Å². The van der Waals surface area contributed by atoms with E-state index in [0.717, 1.165) is 43.4 Å². The van der Waals surface area contributed by atoms with E-state index < -0.39 is 0 Å². The first-order valence-electron chi connectivity index (χ1n) is 7.27. The predicted molar refractivity (Wildman–Crippen MR) is 84.6 cm³/mol. The number of anilines is 1. The van der Waals surface area contributed by atoms with Crippen molar-refractivity contribution in [2.24, 2.45) is 5.41 Å². The fourth-order valence-corrected chi connectivity index (χ4v) is 3.64. The van der Waals surface area contributed by atoms with E-state index in [1.807, 2.05) is 17.0 Å². The van der Waals surface area contributed by atoms with Crippen molar-refractivity contribution in [3.8, 4) is 5.88 Å². The number of piperidine rings is 1. The average Bonchev–Trinajstić information content (AvgIpc) is 2.80. The minimum Gasteiger partial charge on any atom is -0.480 e. The van der Waals surface area contributed by atoms with E-state index in [0.29, 0.717) is 11.7 Å². The predicted octanol–water partition coefficient (Wildman–Crippen LogP) is 2.30. The molecule has 6 heteroatoms. The third kappa shape index (κ3) is 2.55. The van der Waals surface area contributed by atoms with E-state index in [4.69, 9.17) is 4.74 Å². The molecule has 5 nitrogen and oxygen atoms in total. The zero-order valence-electron chi connectivity index (χ0n) is 12.4. The maximum Gasteiger partial charge on any atom is 0.234 e. The van der Waals surface area contributed by atoms with E-state index in [1.165, 1.54) is 0 Å². The van der Waals surface area contributed by atoms with Crippen LogP contribution in [0.1, 0.15) is 19.3 Å². The number of rotatable bonds is 2. The van der Waals surface area contributed by atoms with Crippen molar-refractivity contribution in [2.45, 2.75) is 19.3 Å². The summed E-state index contributed by atoms with van der Waals surface area (Å²) in [6.07, 6.45) is 2.83. The van der Waals surface area contributed by atoms with Crippen molar-refractivity contribution in [1.29, 1.82) is 0 Å². The number of hydrogen-bond acceptors (Lipinski definition) is 4. The van der Waals surface area contributed by atoms with E-state index >= 15 is 0 Å². The number of amides is 1. The standard InChI is InChI=1S/C15H20BrN3O2/c1-18-8-5-15(6-9-18)7-10-19(14(15)20)12-4-3-11(16)13(17-12)21-2/h3-4H,5-10H2,1-2H3. The maximum atomic E-state index is 12.9. The zero-order chi connectivity index (χ0) is 15.0. The summed E-state index contributed by atoms with van der Waals surface area (Å²) in [5.74, 6) is 1.44. The van der Waals surface area contributed by atoms with Gasteiger partial charge in [-0.2, -0.15) is 4.98 Å². The first-order chi connectivity index (χ1) is 10.1. The number of pyridine rings is 1. The van der Waals surface area contributed by atoms with Crippen molar-refractivity contribution in [3.05, 3.63) is 16.6 Å². The Morgan fingerprint density at radius 2 is 1.90 bits per heavy atom. The Bertz CT molecular complexity index is 556. The Hall–Kier alpha value is -1.14. The number of carbonyl (C=O) groups excluding carboxylic acids is 1. The maximum absolute atomic E-state index is 12.9. The summed E-state index contributed by atoms with van der Waals surface area (Å²) < 4.78 is 6.03. The molecule has 0 aromatic carbocycles. The minimum absolute atomic E-state index is 0.172. The smallest absolute Gasteiger partial charge is 0.234 e. The van der Waals surface area contributed by atoms with Crippen LogP contribution in [0.5, 0.6) is 5.88 Å². The first kappa shape index (κ1) is 14.8. The Kier molecular flexibility index (Phi) is 3.92. The van der Waals surface area contributed by atoms with Crippen molar-refractivity contribution in [2.75, 3.05) is 38.7 Å². The highest BCUT2D eigenvalue weighted by Crippen LogP contribution is 2.43. The van der Waals surface area contributed by atoms with Crippen LogP contribution in [-0.4, -0.2) is 49.6 Å². The quantitative estimate of drug-likeness (QED) is 0.818. The second kappa shape index (κ2) is 5.57. The molecule has 0 radical (unpaired) electrons. The van der Waals surface area contributed by atoms with Crippen molar-refractivity contribution in [1.82, 2.24) is 9.88 Å². The van der Waals surface area contributed by atoms with E-state index in [-0.39, 0.29) is 11.3 Å². The number of methoxy groups -OCH3 is 1. The van der Waals surface area contributed by atoms with Crippen LogP contribution in [0.3, 0.4) is 0 Å². The lowest BCUT2D eigenvalue weighted by Crippen LogP contribution is -2.43. The first-order valence-corrected chi connectivity index (χ1v) is 8.06. The van der Waals surface area contributed by atoms with Gasteiger partial charge in [0.05, 0.1) is 17.0 Å². The molecule has 0 saturated carbocycles. The summed E-state index contributed by atoms with van der Waals surface area (Å²) in [6, 6.07) is 3.76. The van der Waals surface area contributed by atoms with Gasteiger partial charge >= 0.3 is 0 Å². The largest absolute Gasteiger partial charge is 0.480 e. The summed E-state index contributed by atoms with van der Waals surface area (Å²) in [4.78, 5) is 21.4. The van der Waals surface area contributed by atoms with Crippen LogP contribution in [0.4, 0.5) is 5.82 Å². The zero-order valence-corrected chi connectivity index (χ0v) is 14.0. The fourth-order valence-electron chi connectivity index (χ4n) is 3.26. The summed E-state index contributed by atoms with van der Waals surface area (Å²) in [6.45, 7) is 2.74. The van der Waals surface area contributed by atoms with Gasteiger partial charge in [0.25, 0.3) is 0 Å². The lowest BCUT2D eigenvalue weighted by atomic mass is 9.77. The number of halogens is 1. The van der Waals surface area contributed by atoms with Crippen molar-refractivity contribution >= 4 is 27.7 Å². The number of nitrogens with zero attached hydrogens (tertiary/aromatic N) is 3. The summed E-state index contributed by atoms with van der Waals surface area (Å²) >= 11 is 3.39. The second-order valence-electron chi connectivity index (χ2n) is 5.95. The lowest BCUT2D eigenvalue weighted by molar-refractivity contribution is -0.127.